The fraction of sp³-hybridized carbons (Fsp3) is 0.706. The first kappa shape index (κ1) is 19.8. The van der Waals surface area contributed by atoms with Gasteiger partial charge in [-0.25, -0.2) is 13.1 Å². The van der Waals surface area contributed by atoms with Crippen molar-refractivity contribution in [2.75, 3.05) is 26.7 Å². The lowest BCUT2D eigenvalue weighted by Gasteiger charge is -2.28. The van der Waals surface area contributed by atoms with Crippen LogP contribution in [0, 0.1) is 5.41 Å². The third-order valence-electron chi connectivity index (χ3n) is 5.09. The topological polar surface area (TPSA) is 87.5 Å². The first-order chi connectivity index (χ1) is 11.9. The number of aromatic nitrogens is 1. The van der Waals surface area contributed by atoms with Gasteiger partial charge in [0.05, 0.1) is 4.90 Å². The van der Waals surface area contributed by atoms with Crippen molar-refractivity contribution in [2.24, 2.45) is 17.5 Å². The lowest BCUT2D eigenvalue weighted by Crippen LogP contribution is -2.45. The Hall–Kier alpha value is -1.54. The normalized spacial score (nSPS) is 17.6. The molecule has 1 aromatic rings. The predicted molar refractivity (Wildman–Crippen MR) is 101 cm³/mol. The number of hydrogen-bond donors (Lipinski definition) is 3. The second-order valence-electron chi connectivity index (χ2n) is 6.82. The van der Waals surface area contributed by atoms with Crippen molar-refractivity contribution < 1.29 is 8.42 Å². The van der Waals surface area contributed by atoms with Gasteiger partial charge in [0.1, 0.15) is 0 Å². The summed E-state index contributed by atoms with van der Waals surface area (Å²) in [5.74, 6) is 0.721. The quantitative estimate of drug-likeness (QED) is 0.368. The number of nitrogens with zero attached hydrogens (tertiary/aromatic N) is 2. The smallest absolute Gasteiger partial charge is 0.242 e. The van der Waals surface area contributed by atoms with E-state index in [4.69, 9.17) is 0 Å². The molecule has 0 aromatic carbocycles. The summed E-state index contributed by atoms with van der Waals surface area (Å²) in [6.07, 6.45) is 9.63. The molecule has 1 aliphatic rings. The van der Waals surface area contributed by atoms with Crippen LogP contribution in [0.4, 0.5) is 0 Å². The third kappa shape index (κ3) is 5.47. The Kier molecular flexibility index (Phi) is 6.89. The Bertz CT molecular complexity index is 675. The van der Waals surface area contributed by atoms with Crippen LogP contribution in [-0.2, 0) is 17.1 Å². The molecular formula is C17H31N5O2S. The van der Waals surface area contributed by atoms with Gasteiger partial charge < -0.3 is 15.2 Å². The number of sulfonamides is 1. The summed E-state index contributed by atoms with van der Waals surface area (Å²) in [6, 6.07) is 1.59. The lowest BCUT2D eigenvalue weighted by atomic mass is 9.83. The molecule has 1 aliphatic carbocycles. The second-order valence-corrected chi connectivity index (χ2v) is 8.59. The van der Waals surface area contributed by atoms with Gasteiger partial charge in [-0.05, 0) is 30.7 Å². The van der Waals surface area contributed by atoms with Crippen molar-refractivity contribution in [3.63, 3.8) is 0 Å². The van der Waals surface area contributed by atoms with Crippen LogP contribution >= 0.6 is 0 Å². The predicted octanol–water partition coefficient (Wildman–Crippen LogP) is 1.44. The van der Waals surface area contributed by atoms with Gasteiger partial charge in [-0.3, -0.25) is 4.99 Å². The molecule has 1 fully saturated rings. The van der Waals surface area contributed by atoms with E-state index in [1.54, 1.807) is 37.1 Å². The summed E-state index contributed by atoms with van der Waals surface area (Å²) >= 11 is 0. The summed E-state index contributed by atoms with van der Waals surface area (Å²) in [6.45, 7) is 3.95. The minimum Gasteiger partial charge on any atom is -0.356 e. The van der Waals surface area contributed by atoms with Crippen molar-refractivity contribution in [1.29, 1.82) is 0 Å². The summed E-state index contributed by atoms with van der Waals surface area (Å²) in [7, 11) is 0.0738. The van der Waals surface area contributed by atoms with Crippen LogP contribution in [0.2, 0.25) is 0 Å². The highest BCUT2D eigenvalue weighted by Gasteiger charge is 2.31. The highest BCUT2D eigenvalue weighted by atomic mass is 32.2. The number of hydrogen-bond acceptors (Lipinski definition) is 3. The largest absolute Gasteiger partial charge is 0.356 e. The first-order valence-corrected chi connectivity index (χ1v) is 10.5. The van der Waals surface area contributed by atoms with Gasteiger partial charge in [-0.15, -0.1) is 0 Å². The van der Waals surface area contributed by atoms with Crippen LogP contribution in [0.1, 0.15) is 39.0 Å². The zero-order valence-electron chi connectivity index (χ0n) is 15.5. The Morgan fingerprint density at radius 2 is 2.00 bits per heavy atom. The van der Waals surface area contributed by atoms with Crippen LogP contribution in [0.3, 0.4) is 0 Å². The van der Waals surface area contributed by atoms with Crippen LogP contribution in [0.15, 0.2) is 28.3 Å². The molecule has 0 radical (unpaired) electrons. The molecule has 142 valence electrons. The minimum atomic E-state index is -3.45. The van der Waals surface area contributed by atoms with Crippen molar-refractivity contribution in [3.05, 3.63) is 18.5 Å². The van der Waals surface area contributed by atoms with Crippen LogP contribution in [0.5, 0.6) is 0 Å². The van der Waals surface area contributed by atoms with Gasteiger partial charge in [0.2, 0.25) is 10.0 Å². The molecular weight excluding hydrogens is 338 g/mol. The van der Waals surface area contributed by atoms with Crippen molar-refractivity contribution >= 4 is 16.0 Å². The Balaban J connectivity index is 1.74. The molecule has 0 bridgehead atoms. The van der Waals surface area contributed by atoms with Gasteiger partial charge in [0.25, 0.3) is 0 Å². The summed E-state index contributed by atoms with van der Waals surface area (Å²) in [5.41, 5.74) is 0.381. The fourth-order valence-electron chi connectivity index (χ4n) is 3.36. The molecule has 0 aliphatic heterocycles. The molecule has 0 saturated heterocycles. The highest BCUT2D eigenvalue weighted by Crippen LogP contribution is 2.40. The lowest BCUT2D eigenvalue weighted by molar-refractivity contribution is 0.283. The molecule has 2 rings (SSSR count). The standard InChI is InChI=1S/C17H31N5O2S/c1-4-17(8-5-6-9-17)14-20-16(18-2)19-10-11-21-25(23,24)15-7-12-22(3)13-15/h7,12-13,21H,4-6,8-11,14H2,1-3H3,(H2,18,19,20). The average molecular weight is 370 g/mol. The molecule has 7 nitrogen and oxygen atoms in total. The Morgan fingerprint density at radius 3 is 2.56 bits per heavy atom. The highest BCUT2D eigenvalue weighted by molar-refractivity contribution is 7.89. The van der Waals surface area contributed by atoms with Gasteiger partial charge >= 0.3 is 0 Å². The van der Waals surface area contributed by atoms with Crippen LogP contribution < -0.4 is 15.4 Å². The number of rotatable bonds is 8. The van der Waals surface area contributed by atoms with E-state index in [9.17, 15) is 8.42 Å². The summed E-state index contributed by atoms with van der Waals surface area (Å²) in [5, 5.41) is 6.56. The molecule has 0 atom stereocenters. The molecule has 8 heteroatoms. The molecule has 25 heavy (non-hydrogen) atoms. The molecule has 1 heterocycles. The number of nitrogens with one attached hydrogen (secondary N) is 3. The second kappa shape index (κ2) is 8.71. The fourth-order valence-corrected chi connectivity index (χ4v) is 4.44. The number of aliphatic imine (C=N–C) groups is 1. The Morgan fingerprint density at radius 1 is 1.28 bits per heavy atom. The average Bonchev–Trinajstić information content (AvgIpc) is 3.24. The Labute approximate surface area is 151 Å². The van der Waals surface area contributed by atoms with E-state index in [1.165, 1.54) is 32.1 Å². The van der Waals surface area contributed by atoms with Gasteiger partial charge in [-0.2, -0.15) is 0 Å². The van der Waals surface area contributed by atoms with E-state index in [2.05, 4.69) is 27.3 Å². The zero-order chi connectivity index (χ0) is 18.3. The maximum Gasteiger partial charge on any atom is 0.242 e. The van der Waals surface area contributed by atoms with E-state index in [0.29, 0.717) is 18.5 Å². The first-order valence-electron chi connectivity index (χ1n) is 8.97. The van der Waals surface area contributed by atoms with E-state index >= 15 is 0 Å². The molecule has 0 spiro atoms. The van der Waals surface area contributed by atoms with Crippen molar-refractivity contribution in [1.82, 2.24) is 19.9 Å². The van der Waals surface area contributed by atoms with E-state index in [-0.39, 0.29) is 4.90 Å². The monoisotopic (exact) mass is 369 g/mol. The molecule has 3 N–H and O–H groups in total. The molecule has 0 unspecified atom stereocenters. The van der Waals surface area contributed by atoms with Gasteiger partial charge in [0, 0.05) is 46.1 Å². The third-order valence-corrected chi connectivity index (χ3v) is 6.54. The SMILES string of the molecule is CCC1(CNC(=NC)NCCNS(=O)(=O)c2ccn(C)c2)CCCC1. The van der Waals surface area contributed by atoms with Gasteiger partial charge in [-0.1, -0.05) is 19.8 Å². The van der Waals surface area contributed by atoms with Crippen molar-refractivity contribution in [3.8, 4) is 0 Å². The number of guanidine groups is 1. The minimum absolute atomic E-state index is 0.281. The zero-order valence-corrected chi connectivity index (χ0v) is 16.3. The maximum atomic E-state index is 12.1. The summed E-state index contributed by atoms with van der Waals surface area (Å²) in [4.78, 5) is 4.50. The maximum absolute atomic E-state index is 12.1. The molecule has 1 aromatic heterocycles. The number of aryl methyl sites for hydroxylation is 1. The van der Waals surface area contributed by atoms with Crippen LogP contribution in [-0.4, -0.2) is 45.6 Å². The molecule has 0 amide bonds. The van der Waals surface area contributed by atoms with Crippen LogP contribution in [0.25, 0.3) is 0 Å². The van der Waals surface area contributed by atoms with E-state index in [0.717, 1.165) is 12.5 Å². The van der Waals surface area contributed by atoms with E-state index in [1.807, 2.05) is 0 Å². The van der Waals surface area contributed by atoms with Crippen molar-refractivity contribution in [2.45, 2.75) is 43.9 Å². The van der Waals surface area contributed by atoms with Gasteiger partial charge in [0.15, 0.2) is 5.96 Å². The van der Waals surface area contributed by atoms with E-state index < -0.39 is 10.0 Å². The molecule has 1 saturated carbocycles. The summed E-state index contributed by atoms with van der Waals surface area (Å²) < 4.78 is 28.6.